The molecular weight excluding hydrogens is 304 g/mol. The van der Waals surface area contributed by atoms with E-state index in [0.29, 0.717) is 0 Å². The molecule has 0 atom stereocenters. The van der Waals surface area contributed by atoms with Crippen molar-refractivity contribution in [2.45, 2.75) is 26.7 Å². The molecule has 0 heterocycles. The highest BCUT2D eigenvalue weighted by Gasteiger charge is 2.14. The second-order valence-electron chi connectivity index (χ2n) is 6.35. The van der Waals surface area contributed by atoms with E-state index in [2.05, 4.69) is 86.6 Å². The zero-order valence-electron chi connectivity index (χ0n) is 14.8. The standard InChI is InChI=1S/C24H22O/c1-3-17-16-19-11-6-7-13-21(19)20(4-2)24(17)25-23-15-9-12-18-10-5-8-14-22(18)23/h5-16H,3-4H2,1-2H3. The SMILES string of the molecule is CCc1cc2ccccc2c(CC)c1Oc1cccc2ccccc12. The zero-order valence-corrected chi connectivity index (χ0v) is 14.8. The molecule has 0 saturated carbocycles. The summed E-state index contributed by atoms with van der Waals surface area (Å²) in [5.74, 6) is 1.96. The van der Waals surface area contributed by atoms with Crippen LogP contribution >= 0.6 is 0 Å². The first-order valence-corrected chi connectivity index (χ1v) is 9.01. The number of benzene rings is 4. The minimum atomic E-state index is 0.929. The third-order valence-electron chi connectivity index (χ3n) is 4.88. The Morgan fingerprint density at radius 3 is 2.12 bits per heavy atom. The Morgan fingerprint density at radius 2 is 1.36 bits per heavy atom. The quantitative estimate of drug-likeness (QED) is 0.396. The summed E-state index contributed by atoms with van der Waals surface area (Å²) in [6, 6.07) is 25.5. The maximum Gasteiger partial charge on any atom is 0.135 e. The minimum absolute atomic E-state index is 0.929. The van der Waals surface area contributed by atoms with Crippen LogP contribution < -0.4 is 4.74 Å². The topological polar surface area (TPSA) is 9.23 Å². The molecule has 0 amide bonds. The Bertz CT molecular complexity index is 1040. The van der Waals surface area contributed by atoms with E-state index >= 15 is 0 Å². The lowest BCUT2D eigenvalue weighted by molar-refractivity contribution is 0.477. The van der Waals surface area contributed by atoms with Crippen molar-refractivity contribution in [3.8, 4) is 11.5 Å². The molecule has 4 aromatic carbocycles. The van der Waals surface area contributed by atoms with Gasteiger partial charge in [-0.2, -0.15) is 0 Å². The molecule has 0 fully saturated rings. The molecule has 0 aliphatic carbocycles. The summed E-state index contributed by atoms with van der Waals surface area (Å²) < 4.78 is 6.54. The van der Waals surface area contributed by atoms with Crippen molar-refractivity contribution in [2.24, 2.45) is 0 Å². The van der Waals surface area contributed by atoms with Gasteiger partial charge >= 0.3 is 0 Å². The van der Waals surface area contributed by atoms with Gasteiger partial charge in [0.15, 0.2) is 0 Å². The molecule has 0 aromatic heterocycles. The smallest absolute Gasteiger partial charge is 0.135 e. The second-order valence-corrected chi connectivity index (χ2v) is 6.35. The molecule has 0 saturated heterocycles. The van der Waals surface area contributed by atoms with E-state index in [1.54, 1.807) is 0 Å². The van der Waals surface area contributed by atoms with Crippen molar-refractivity contribution in [2.75, 3.05) is 0 Å². The molecule has 0 bridgehead atoms. The van der Waals surface area contributed by atoms with Crippen molar-refractivity contribution in [1.29, 1.82) is 0 Å². The molecule has 4 aromatic rings. The monoisotopic (exact) mass is 326 g/mol. The van der Waals surface area contributed by atoms with Crippen molar-refractivity contribution in [1.82, 2.24) is 0 Å². The summed E-state index contributed by atoms with van der Waals surface area (Å²) in [7, 11) is 0. The summed E-state index contributed by atoms with van der Waals surface area (Å²) in [5, 5.41) is 4.94. The van der Waals surface area contributed by atoms with Gasteiger partial charge in [0, 0.05) is 10.9 Å². The maximum absolute atomic E-state index is 6.54. The van der Waals surface area contributed by atoms with Gasteiger partial charge < -0.3 is 4.74 Å². The Labute approximate surface area is 148 Å². The van der Waals surface area contributed by atoms with Gasteiger partial charge in [0.05, 0.1) is 0 Å². The van der Waals surface area contributed by atoms with Crippen LogP contribution in [0.2, 0.25) is 0 Å². The van der Waals surface area contributed by atoms with Crippen LogP contribution in [0.5, 0.6) is 11.5 Å². The summed E-state index contributed by atoms with van der Waals surface area (Å²) in [6.07, 6.45) is 1.91. The van der Waals surface area contributed by atoms with E-state index in [1.165, 1.54) is 27.3 Å². The van der Waals surface area contributed by atoms with Crippen LogP contribution in [-0.2, 0) is 12.8 Å². The van der Waals surface area contributed by atoms with Crippen LogP contribution in [0, 0.1) is 0 Å². The molecule has 0 unspecified atom stereocenters. The van der Waals surface area contributed by atoms with Crippen LogP contribution in [0.1, 0.15) is 25.0 Å². The fourth-order valence-electron chi connectivity index (χ4n) is 3.60. The van der Waals surface area contributed by atoms with Gasteiger partial charge in [-0.1, -0.05) is 74.5 Å². The number of ether oxygens (including phenoxy) is 1. The average molecular weight is 326 g/mol. The molecule has 1 nitrogen and oxygen atoms in total. The molecule has 25 heavy (non-hydrogen) atoms. The summed E-state index contributed by atoms with van der Waals surface area (Å²) >= 11 is 0. The van der Waals surface area contributed by atoms with Crippen molar-refractivity contribution >= 4 is 21.5 Å². The molecule has 124 valence electrons. The maximum atomic E-state index is 6.54. The van der Waals surface area contributed by atoms with Gasteiger partial charge in [-0.25, -0.2) is 0 Å². The van der Waals surface area contributed by atoms with Crippen LogP contribution in [-0.4, -0.2) is 0 Å². The van der Waals surface area contributed by atoms with E-state index in [4.69, 9.17) is 4.74 Å². The lowest BCUT2D eigenvalue weighted by Crippen LogP contribution is -1.98. The lowest BCUT2D eigenvalue weighted by atomic mass is 9.96. The van der Waals surface area contributed by atoms with Gasteiger partial charge in [-0.3, -0.25) is 0 Å². The first-order valence-electron chi connectivity index (χ1n) is 9.01. The molecule has 0 spiro atoms. The molecule has 1 heteroatoms. The number of fused-ring (bicyclic) bond motifs is 2. The summed E-state index contributed by atoms with van der Waals surface area (Å²) in [5.41, 5.74) is 2.56. The number of hydrogen-bond acceptors (Lipinski definition) is 1. The van der Waals surface area contributed by atoms with Crippen LogP contribution in [0.3, 0.4) is 0 Å². The van der Waals surface area contributed by atoms with Crippen LogP contribution in [0.15, 0.2) is 72.8 Å². The highest BCUT2D eigenvalue weighted by molar-refractivity contribution is 5.91. The first-order chi connectivity index (χ1) is 12.3. The zero-order chi connectivity index (χ0) is 17.2. The first kappa shape index (κ1) is 15.7. The molecule has 4 rings (SSSR count). The fourth-order valence-corrected chi connectivity index (χ4v) is 3.60. The second kappa shape index (κ2) is 6.60. The van der Waals surface area contributed by atoms with Crippen molar-refractivity contribution < 1.29 is 4.74 Å². The van der Waals surface area contributed by atoms with Crippen LogP contribution in [0.4, 0.5) is 0 Å². The predicted molar refractivity (Wildman–Crippen MR) is 107 cm³/mol. The van der Waals surface area contributed by atoms with Gasteiger partial charge in [-0.15, -0.1) is 0 Å². The third-order valence-corrected chi connectivity index (χ3v) is 4.88. The predicted octanol–water partition coefficient (Wildman–Crippen LogP) is 6.91. The minimum Gasteiger partial charge on any atom is -0.456 e. The highest BCUT2D eigenvalue weighted by Crippen LogP contribution is 2.38. The van der Waals surface area contributed by atoms with E-state index in [9.17, 15) is 0 Å². The van der Waals surface area contributed by atoms with E-state index < -0.39 is 0 Å². The molecule has 0 radical (unpaired) electrons. The average Bonchev–Trinajstić information content (AvgIpc) is 2.67. The van der Waals surface area contributed by atoms with Gasteiger partial charge in [-0.05, 0) is 46.7 Å². The number of hydrogen-bond donors (Lipinski definition) is 0. The molecule has 0 aliphatic rings. The Hall–Kier alpha value is -2.80. The Balaban J connectivity index is 1.93. The number of aryl methyl sites for hydroxylation is 2. The molecule has 0 N–H and O–H groups in total. The molecule has 0 aliphatic heterocycles. The summed E-state index contributed by atoms with van der Waals surface area (Å²) in [4.78, 5) is 0. The van der Waals surface area contributed by atoms with E-state index in [1.807, 2.05) is 0 Å². The largest absolute Gasteiger partial charge is 0.456 e. The lowest BCUT2D eigenvalue weighted by Gasteiger charge is -2.18. The fraction of sp³-hybridized carbons (Fsp3) is 0.167. The highest BCUT2D eigenvalue weighted by atomic mass is 16.5. The van der Waals surface area contributed by atoms with Crippen LogP contribution in [0.25, 0.3) is 21.5 Å². The number of rotatable bonds is 4. The van der Waals surface area contributed by atoms with Crippen molar-refractivity contribution in [3.63, 3.8) is 0 Å². The van der Waals surface area contributed by atoms with Gasteiger partial charge in [0.2, 0.25) is 0 Å². The van der Waals surface area contributed by atoms with Gasteiger partial charge in [0.1, 0.15) is 11.5 Å². The Morgan fingerprint density at radius 1 is 0.680 bits per heavy atom. The van der Waals surface area contributed by atoms with Gasteiger partial charge in [0.25, 0.3) is 0 Å². The Kier molecular flexibility index (Phi) is 4.15. The van der Waals surface area contributed by atoms with E-state index in [-0.39, 0.29) is 0 Å². The third kappa shape index (κ3) is 2.76. The van der Waals surface area contributed by atoms with E-state index in [0.717, 1.165) is 29.7 Å². The normalized spacial score (nSPS) is 11.1. The molecular formula is C24H22O. The van der Waals surface area contributed by atoms with Crippen molar-refractivity contribution in [3.05, 3.63) is 83.9 Å². The summed E-state index contributed by atoms with van der Waals surface area (Å²) in [6.45, 7) is 4.40.